The number of hydrogen-bond donors (Lipinski definition) is 2. The number of nitrogens with zero attached hydrogens (tertiary/aromatic N) is 2. The minimum atomic E-state index is -0.0966. The lowest BCUT2D eigenvalue weighted by Gasteiger charge is -2.25. The Balaban J connectivity index is 1.74. The molecule has 1 amide bonds. The van der Waals surface area contributed by atoms with E-state index in [-0.39, 0.29) is 17.6 Å². The predicted molar refractivity (Wildman–Crippen MR) is 89.5 cm³/mol. The summed E-state index contributed by atoms with van der Waals surface area (Å²) in [5.74, 6) is 1.23. The van der Waals surface area contributed by atoms with E-state index in [1.807, 2.05) is 16.9 Å². The quantitative estimate of drug-likeness (QED) is 0.908. The summed E-state index contributed by atoms with van der Waals surface area (Å²) < 4.78 is 7.09. The van der Waals surface area contributed by atoms with Crippen LogP contribution >= 0.6 is 0 Å². The Morgan fingerprint density at radius 2 is 2.12 bits per heavy atom. The van der Waals surface area contributed by atoms with E-state index in [4.69, 9.17) is 4.74 Å². The van der Waals surface area contributed by atoms with Gasteiger partial charge in [-0.1, -0.05) is 18.9 Å². The summed E-state index contributed by atoms with van der Waals surface area (Å²) in [4.78, 5) is 12.2. The first-order chi connectivity index (χ1) is 11.7. The van der Waals surface area contributed by atoms with Crippen LogP contribution in [-0.4, -0.2) is 27.9 Å². The molecule has 1 fully saturated rings. The number of carbonyl (C=O) groups is 1. The highest BCUT2D eigenvalue weighted by Gasteiger charge is 2.32. The molecule has 1 saturated carbocycles. The van der Waals surface area contributed by atoms with Gasteiger partial charge in [-0.15, -0.1) is 0 Å². The van der Waals surface area contributed by atoms with Gasteiger partial charge in [0.05, 0.1) is 19.3 Å². The first-order valence-corrected chi connectivity index (χ1v) is 8.41. The minimum Gasteiger partial charge on any atom is -0.504 e. The van der Waals surface area contributed by atoms with Crippen molar-refractivity contribution in [1.29, 1.82) is 0 Å². The molecule has 1 aromatic heterocycles. The van der Waals surface area contributed by atoms with E-state index in [1.165, 1.54) is 20.0 Å². The molecular formula is C18H21N3O3. The summed E-state index contributed by atoms with van der Waals surface area (Å²) in [7, 11) is 1.52. The Hall–Kier alpha value is -2.50. The number of hydrogen-bond acceptors (Lipinski definition) is 4. The SMILES string of the molecule is COc1ccc([C@H]2CC(=O)Nc3c2cnn3C2CCCC2)cc1O. The van der Waals surface area contributed by atoms with Crippen molar-refractivity contribution in [3.05, 3.63) is 35.5 Å². The van der Waals surface area contributed by atoms with Crippen LogP contribution in [0.4, 0.5) is 5.82 Å². The molecule has 126 valence electrons. The number of nitrogens with one attached hydrogen (secondary N) is 1. The van der Waals surface area contributed by atoms with Crippen LogP contribution in [0.25, 0.3) is 0 Å². The topological polar surface area (TPSA) is 76.4 Å². The molecule has 4 rings (SSSR count). The van der Waals surface area contributed by atoms with E-state index in [9.17, 15) is 9.90 Å². The molecule has 6 nitrogen and oxygen atoms in total. The number of benzene rings is 1. The Labute approximate surface area is 140 Å². The third-order valence-electron chi connectivity index (χ3n) is 5.12. The zero-order chi connectivity index (χ0) is 16.7. The molecule has 2 heterocycles. The summed E-state index contributed by atoms with van der Waals surface area (Å²) >= 11 is 0. The molecule has 0 bridgehead atoms. The molecule has 24 heavy (non-hydrogen) atoms. The highest BCUT2D eigenvalue weighted by molar-refractivity contribution is 5.94. The predicted octanol–water partition coefficient (Wildman–Crippen LogP) is 3.19. The highest BCUT2D eigenvalue weighted by Crippen LogP contribution is 2.42. The van der Waals surface area contributed by atoms with Crippen molar-refractivity contribution >= 4 is 11.7 Å². The fourth-order valence-corrected chi connectivity index (χ4v) is 3.89. The van der Waals surface area contributed by atoms with Gasteiger partial charge < -0.3 is 15.2 Å². The molecule has 0 unspecified atom stereocenters. The van der Waals surface area contributed by atoms with Gasteiger partial charge in [0, 0.05) is 17.9 Å². The van der Waals surface area contributed by atoms with Crippen molar-refractivity contribution in [3.8, 4) is 11.5 Å². The number of phenolic OH excluding ortho intramolecular Hbond substituents is 1. The van der Waals surface area contributed by atoms with Crippen LogP contribution < -0.4 is 10.1 Å². The van der Waals surface area contributed by atoms with Crippen LogP contribution in [0, 0.1) is 0 Å². The smallest absolute Gasteiger partial charge is 0.226 e. The molecule has 1 aliphatic heterocycles. The molecule has 1 aromatic carbocycles. The number of anilines is 1. The number of carbonyl (C=O) groups excluding carboxylic acids is 1. The van der Waals surface area contributed by atoms with Crippen LogP contribution in [0.5, 0.6) is 11.5 Å². The molecule has 0 saturated heterocycles. The monoisotopic (exact) mass is 327 g/mol. The van der Waals surface area contributed by atoms with E-state index in [1.54, 1.807) is 12.1 Å². The first kappa shape index (κ1) is 15.1. The van der Waals surface area contributed by atoms with E-state index in [2.05, 4.69) is 10.4 Å². The van der Waals surface area contributed by atoms with E-state index in [0.29, 0.717) is 18.2 Å². The number of ether oxygens (including phenoxy) is 1. The maximum absolute atomic E-state index is 12.2. The van der Waals surface area contributed by atoms with Crippen molar-refractivity contribution in [2.75, 3.05) is 12.4 Å². The summed E-state index contributed by atoms with van der Waals surface area (Å²) in [6, 6.07) is 5.69. The number of rotatable bonds is 3. The lowest BCUT2D eigenvalue weighted by atomic mass is 9.87. The number of fused-ring (bicyclic) bond motifs is 1. The van der Waals surface area contributed by atoms with Gasteiger partial charge in [-0.2, -0.15) is 5.10 Å². The summed E-state index contributed by atoms with van der Waals surface area (Å²) in [6.07, 6.45) is 6.86. The maximum atomic E-state index is 12.2. The third-order valence-corrected chi connectivity index (χ3v) is 5.12. The number of amides is 1. The standard InChI is InChI=1S/C18H21N3O3/c1-24-16-7-6-11(8-15(16)22)13-9-17(23)20-18-14(13)10-19-21(18)12-4-2-3-5-12/h6-8,10,12-13,22H,2-5,9H2,1H3,(H,20,23)/t13-/m1/s1. The van der Waals surface area contributed by atoms with Crippen LogP contribution in [0.2, 0.25) is 0 Å². The van der Waals surface area contributed by atoms with Gasteiger partial charge in [-0.3, -0.25) is 4.79 Å². The average Bonchev–Trinajstić information content (AvgIpc) is 3.22. The zero-order valence-corrected chi connectivity index (χ0v) is 13.7. The second-order valence-corrected chi connectivity index (χ2v) is 6.57. The molecule has 6 heteroatoms. The van der Waals surface area contributed by atoms with Crippen LogP contribution in [0.3, 0.4) is 0 Å². The Morgan fingerprint density at radius 1 is 1.33 bits per heavy atom. The van der Waals surface area contributed by atoms with Crippen LogP contribution in [0.15, 0.2) is 24.4 Å². The van der Waals surface area contributed by atoms with Crippen molar-refractivity contribution in [2.24, 2.45) is 0 Å². The van der Waals surface area contributed by atoms with Gasteiger partial charge in [-0.05, 0) is 30.5 Å². The van der Waals surface area contributed by atoms with Gasteiger partial charge in [-0.25, -0.2) is 4.68 Å². The minimum absolute atomic E-state index is 0.0115. The Kier molecular flexibility index (Phi) is 3.67. The molecule has 2 N–H and O–H groups in total. The van der Waals surface area contributed by atoms with Crippen molar-refractivity contribution in [3.63, 3.8) is 0 Å². The van der Waals surface area contributed by atoms with Gasteiger partial charge in [0.2, 0.25) is 5.91 Å². The molecular weight excluding hydrogens is 306 g/mol. The normalized spacial score (nSPS) is 20.7. The lowest BCUT2D eigenvalue weighted by molar-refractivity contribution is -0.116. The van der Waals surface area contributed by atoms with Crippen LogP contribution in [-0.2, 0) is 4.79 Å². The second-order valence-electron chi connectivity index (χ2n) is 6.57. The summed E-state index contributed by atoms with van der Waals surface area (Å²) in [6.45, 7) is 0. The van der Waals surface area contributed by atoms with Gasteiger partial charge >= 0.3 is 0 Å². The van der Waals surface area contributed by atoms with Gasteiger partial charge in [0.25, 0.3) is 0 Å². The largest absolute Gasteiger partial charge is 0.504 e. The summed E-state index contributed by atoms with van der Waals surface area (Å²) in [5.41, 5.74) is 1.92. The maximum Gasteiger partial charge on any atom is 0.226 e. The van der Waals surface area contributed by atoms with Crippen molar-refractivity contribution in [2.45, 2.75) is 44.1 Å². The van der Waals surface area contributed by atoms with Gasteiger partial charge in [0.1, 0.15) is 5.82 Å². The lowest BCUT2D eigenvalue weighted by Crippen LogP contribution is -2.25. The van der Waals surface area contributed by atoms with E-state index >= 15 is 0 Å². The number of aromatic nitrogens is 2. The third kappa shape index (κ3) is 2.42. The Morgan fingerprint density at radius 3 is 2.83 bits per heavy atom. The number of phenols is 1. The molecule has 0 spiro atoms. The molecule has 0 radical (unpaired) electrons. The average molecular weight is 327 g/mol. The zero-order valence-electron chi connectivity index (χ0n) is 13.7. The molecule has 2 aliphatic rings. The number of methoxy groups -OCH3 is 1. The Bertz CT molecular complexity index is 778. The fourth-order valence-electron chi connectivity index (χ4n) is 3.89. The first-order valence-electron chi connectivity index (χ1n) is 8.41. The van der Waals surface area contributed by atoms with Crippen molar-refractivity contribution < 1.29 is 14.6 Å². The summed E-state index contributed by atoms with van der Waals surface area (Å²) in [5, 5.41) is 17.6. The molecule has 1 aliphatic carbocycles. The molecule has 2 aromatic rings. The fraction of sp³-hybridized carbons (Fsp3) is 0.444. The van der Waals surface area contributed by atoms with Crippen LogP contribution in [0.1, 0.15) is 55.2 Å². The van der Waals surface area contributed by atoms with E-state index < -0.39 is 0 Å². The van der Waals surface area contributed by atoms with Gasteiger partial charge in [0.15, 0.2) is 11.5 Å². The second kappa shape index (κ2) is 5.85. The number of aromatic hydroxyl groups is 1. The van der Waals surface area contributed by atoms with E-state index in [0.717, 1.165) is 29.8 Å². The van der Waals surface area contributed by atoms with Crippen molar-refractivity contribution in [1.82, 2.24) is 9.78 Å². The molecule has 1 atom stereocenters. The highest BCUT2D eigenvalue weighted by atomic mass is 16.5.